The van der Waals surface area contributed by atoms with E-state index < -0.39 is 33.4 Å². The molecule has 9 heteroatoms. The third-order valence-corrected chi connectivity index (χ3v) is 5.67. The fourth-order valence-corrected chi connectivity index (χ4v) is 3.38. The van der Waals surface area contributed by atoms with Gasteiger partial charge in [0.2, 0.25) is 5.91 Å². The minimum absolute atomic E-state index is 0.0110. The third-order valence-electron chi connectivity index (χ3n) is 3.59. The first-order valence-corrected chi connectivity index (χ1v) is 9.05. The number of rotatable bonds is 7. The van der Waals surface area contributed by atoms with Crippen LogP contribution in [0.4, 0.5) is 13.2 Å². The number of sulfone groups is 1. The molecule has 2 rings (SSSR count). The molecule has 1 atom stereocenters. The van der Waals surface area contributed by atoms with Gasteiger partial charge in [-0.25, -0.2) is 12.8 Å². The maximum atomic E-state index is 12.9. The summed E-state index contributed by atoms with van der Waals surface area (Å²) >= 11 is 0. The highest BCUT2D eigenvalue weighted by molar-refractivity contribution is 7.92. The van der Waals surface area contributed by atoms with Crippen molar-refractivity contribution in [1.29, 1.82) is 0 Å². The molecule has 0 aromatic heterocycles. The average Bonchev–Trinajstić information content (AvgIpc) is 2.60. The zero-order valence-electron chi connectivity index (χ0n) is 13.7. The molecule has 0 saturated heterocycles. The lowest BCUT2D eigenvalue weighted by atomic mass is 10.2. The number of hydrogen-bond acceptors (Lipinski definition) is 4. The fourth-order valence-electron chi connectivity index (χ4n) is 2.09. The molecular formula is C17H16F3NO4S. The highest BCUT2D eigenvalue weighted by Crippen LogP contribution is 2.18. The molecule has 140 valence electrons. The first kappa shape index (κ1) is 19.8. The van der Waals surface area contributed by atoms with Crippen LogP contribution in [0.1, 0.15) is 12.5 Å². The monoisotopic (exact) mass is 387 g/mol. The molecule has 2 aromatic carbocycles. The Morgan fingerprint density at radius 2 is 1.65 bits per heavy atom. The molecular weight excluding hydrogens is 371 g/mol. The van der Waals surface area contributed by atoms with Crippen molar-refractivity contribution in [2.75, 3.05) is 0 Å². The van der Waals surface area contributed by atoms with E-state index in [1.54, 1.807) is 0 Å². The number of hydrogen-bond donors (Lipinski definition) is 1. The van der Waals surface area contributed by atoms with Gasteiger partial charge in [-0.15, -0.1) is 0 Å². The van der Waals surface area contributed by atoms with Gasteiger partial charge in [-0.1, -0.05) is 12.1 Å². The minimum atomic E-state index is -3.96. The van der Waals surface area contributed by atoms with Gasteiger partial charge in [-0.3, -0.25) is 4.79 Å². The van der Waals surface area contributed by atoms with E-state index >= 15 is 0 Å². The lowest BCUT2D eigenvalue weighted by molar-refractivity contribution is -0.120. The van der Waals surface area contributed by atoms with E-state index in [0.29, 0.717) is 5.56 Å². The number of ether oxygens (including phenoxy) is 1. The predicted molar refractivity (Wildman–Crippen MR) is 88.0 cm³/mol. The summed E-state index contributed by atoms with van der Waals surface area (Å²) in [6.07, 6.45) is 0. The molecule has 0 heterocycles. The Bertz CT molecular complexity index is 853. The van der Waals surface area contributed by atoms with E-state index in [-0.39, 0.29) is 17.2 Å². The van der Waals surface area contributed by atoms with Gasteiger partial charge in [0, 0.05) is 6.54 Å². The number of carbonyl (C=O) groups excluding carboxylic acids is 1. The topological polar surface area (TPSA) is 72.5 Å². The van der Waals surface area contributed by atoms with Crippen molar-refractivity contribution in [2.24, 2.45) is 0 Å². The van der Waals surface area contributed by atoms with Gasteiger partial charge in [0.1, 0.15) is 16.8 Å². The van der Waals surface area contributed by atoms with E-state index in [4.69, 9.17) is 0 Å². The number of halogens is 3. The van der Waals surface area contributed by atoms with Gasteiger partial charge < -0.3 is 10.1 Å². The van der Waals surface area contributed by atoms with Crippen LogP contribution in [0, 0.1) is 5.82 Å². The van der Waals surface area contributed by atoms with Crippen LogP contribution >= 0.6 is 0 Å². The minimum Gasteiger partial charge on any atom is -0.435 e. The van der Waals surface area contributed by atoms with Crippen molar-refractivity contribution in [1.82, 2.24) is 5.32 Å². The Hall–Kier alpha value is -2.55. The summed E-state index contributed by atoms with van der Waals surface area (Å²) in [5.41, 5.74) is 0.575. The van der Waals surface area contributed by atoms with Crippen LogP contribution in [-0.2, 0) is 21.2 Å². The molecule has 0 fully saturated rings. The van der Waals surface area contributed by atoms with Crippen LogP contribution in [0.5, 0.6) is 5.75 Å². The quantitative estimate of drug-likeness (QED) is 0.742. The normalized spacial score (nSPS) is 12.7. The summed E-state index contributed by atoms with van der Waals surface area (Å²) in [5, 5.41) is 1.08. The highest BCUT2D eigenvalue weighted by atomic mass is 32.2. The lowest BCUT2D eigenvalue weighted by Gasteiger charge is -2.14. The molecule has 2 aromatic rings. The van der Waals surface area contributed by atoms with Crippen LogP contribution in [0.25, 0.3) is 0 Å². The smallest absolute Gasteiger partial charge is 0.387 e. The first-order chi connectivity index (χ1) is 12.2. The Morgan fingerprint density at radius 1 is 1.08 bits per heavy atom. The molecule has 0 aliphatic carbocycles. The highest BCUT2D eigenvalue weighted by Gasteiger charge is 2.29. The number of alkyl halides is 2. The van der Waals surface area contributed by atoms with E-state index in [0.717, 1.165) is 24.3 Å². The van der Waals surface area contributed by atoms with E-state index in [9.17, 15) is 26.4 Å². The van der Waals surface area contributed by atoms with Gasteiger partial charge >= 0.3 is 6.61 Å². The molecule has 0 spiro atoms. The van der Waals surface area contributed by atoms with Gasteiger partial charge in [-0.05, 0) is 48.9 Å². The largest absolute Gasteiger partial charge is 0.435 e. The maximum absolute atomic E-state index is 12.9. The van der Waals surface area contributed by atoms with Crippen molar-refractivity contribution in [3.63, 3.8) is 0 Å². The Kier molecular flexibility index (Phi) is 6.25. The van der Waals surface area contributed by atoms with Crippen molar-refractivity contribution in [3.05, 3.63) is 59.9 Å². The molecule has 5 nitrogen and oxygen atoms in total. The Labute approximate surface area is 148 Å². The summed E-state index contributed by atoms with van der Waals surface area (Å²) in [5.74, 6) is -1.34. The average molecular weight is 387 g/mol. The van der Waals surface area contributed by atoms with Crippen molar-refractivity contribution >= 4 is 15.7 Å². The molecule has 0 saturated carbocycles. The zero-order valence-corrected chi connectivity index (χ0v) is 14.5. The molecule has 26 heavy (non-hydrogen) atoms. The van der Waals surface area contributed by atoms with Crippen molar-refractivity contribution < 1.29 is 31.1 Å². The third kappa shape index (κ3) is 4.98. The summed E-state index contributed by atoms with van der Waals surface area (Å²) in [7, 11) is -3.96. The molecule has 1 unspecified atom stereocenters. The van der Waals surface area contributed by atoms with Gasteiger partial charge in [0.15, 0.2) is 9.84 Å². The molecule has 0 aliphatic heterocycles. The van der Waals surface area contributed by atoms with Crippen LogP contribution < -0.4 is 10.1 Å². The second kappa shape index (κ2) is 8.22. The van der Waals surface area contributed by atoms with Crippen molar-refractivity contribution in [3.8, 4) is 5.75 Å². The van der Waals surface area contributed by atoms with Crippen LogP contribution in [0.3, 0.4) is 0 Å². The van der Waals surface area contributed by atoms with E-state index in [1.807, 2.05) is 0 Å². The molecule has 0 radical (unpaired) electrons. The molecule has 1 amide bonds. The molecule has 0 bridgehead atoms. The second-order valence-corrected chi connectivity index (χ2v) is 7.65. The summed E-state index contributed by atoms with van der Waals surface area (Å²) in [4.78, 5) is 12.0. The first-order valence-electron chi connectivity index (χ1n) is 7.51. The number of amides is 1. The fraction of sp³-hybridized carbons (Fsp3) is 0.235. The number of nitrogens with one attached hydrogen (secondary N) is 1. The van der Waals surface area contributed by atoms with Gasteiger partial charge in [0.25, 0.3) is 0 Å². The van der Waals surface area contributed by atoms with Gasteiger partial charge in [0.05, 0.1) is 4.90 Å². The van der Waals surface area contributed by atoms with Crippen LogP contribution in [-0.4, -0.2) is 26.2 Å². The summed E-state index contributed by atoms with van der Waals surface area (Å²) < 4.78 is 66.0. The molecule has 1 N–H and O–H groups in total. The second-order valence-electron chi connectivity index (χ2n) is 5.38. The Morgan fingerprint density at radius 3 is 2.19 bits per heavy atom. The lowest BCUT2D eigenvalue weighted by Crippen LogP contribution is -2.37. The van der Waals surface area contributed by atoms with Crippen molar-refractivity contribution in [2.45, 2.75) is 30.2 Å². The number of carbonyl (C=O) groups is 1. The summed E-state index contributed by atoms with van der Waals surface area (Å²) in [6, 6.07) is 9.75. The standard InChI is InChI=1S/C17H16F3NO4S/c1-11(26(23,24)15-8-4-13(18)5-9-15)16(22)21-10-12-2-6-14(7-3-12)25-17(19)20/h2-9,11,17H,10H2,1H3,(H,21,22). The van der Waals surface area contributed by atoms with E-state index in [2.05, 4.69) is 10.1 Å². The van der Waals surface area contributed by atoms with E-state index in [1.165, 1.54) is 31.2 Å². The SMILES string of the molecule is CC(C(=O)NCc1ccc(OC(F)F)cc1)S(=O)(=O)c1ccc(F)cc1. The maximum Gasteiger partial charge on any atom is 0.387 e. The Balaban J connectivity index is 1.99. The van der Waals surface area contributed by atoms with Crippen LogP contribution in [0.2, 0.25) is 0 Å². The van der Waals surface area contributed by atoms with Gasteiger partial charge in [-0.2, -0.15) is 8.78 Å². The predicted octanol–water partition coefficient (Wildman–Crippen LogP) is 2.91. The molecule has 0 aliphatic rings. The number of benzene rings is 2. The zero-order chi connectivity index (χ0) is 19.3. The van der Waals surface area contributed by atoms with Crippen LogP contribution in [0.15, 0.2) is 53.4 Å². The summed E-state index contributed by atoms with van der Waals surface area (Å²) in [6.45, 7) is -1.69.